The molecule has 2 amide bonds. The lowest BCUT2D eigenvalue weighted by molar-refractivity contribution is 0.253. The average Bonchev–Trinajstić information content (AvgIpc) is 2.30. The number of halogens is 2. The Bertz CT molecular complexity index is 421. The largest absolute Gasteiger partial charge is 0.334 e. The SMILES string of the molecule is NC/C=C/CNC(=O)Nc1ccc(Cl)c(Cl)c1. The van der Waals surface area contributed by atoms with Crippen LogP contribution in [0, 0.1) is 0 Å². The van der Waals surface area contributed by atoms with Crippen molar-refractivity contribution in [2.75, 3.05) is 18.4 Å². The van der Waals surface area contributed by atoms with E-state index in [1.807, 2.05) is 0 Å². The Morgan fingerprint density at radius 1 is 1.29 bits per heavy atom. The smallest absolute Gasteiger partial charge is 0.319 e. The molecule has 17 heavy (non-hydrogen) atoms. The van der Waals surface area contributed by atoms with Crippen LogP contribution >= 0.6 is 23.2 Å². The number of nitrogens with two attached hydrogens (primary N) is 1. The van der Waals surface area contributed by atoms with Crippen molar-refractivity contribution in [2.24, 2.45) is 5.73 Å². The molecule has 0 aliphatic heterocycles. The van der Waals surface area contributed by atoms with Crippen molar-refractivity contribution in [3.05, 3.63) is 40.4 Å². The number of carbonyl (C=O) groups excluding carboxylic acids is 1. The van der Waals surface area contributed by atoms with Gasteiger partial charge in [-0.1, -0.05) is 35.4 Å². The number of amides is 2. The quantitative estimate of drug-likeness (QED) is 0.739. The second-order valence-corrected chi connectivity index (χ2v) is 3.99. The molecule has 1 aromatic carbocycles. The minimum atomic E-state index is -0.315. The van der Waals surface area contributed by atoms with Crippen LogP contribution < -0.4 is 16.4 Å². The van der Waals surface area contributed by atoms with Gasteiger partial charge >= 0.3 is 6.03 Å². The van der Waals surface area contributed by atoms with Crippen molar-refractivity contribution in [3.63, 3.8) is 0 Å². The first-order valence-electron chi connectivity index (χ1n) is 4.98. The summed E-state index contributed by atoms with van der Waals surface area (Å²) in [5.74, 6) is 0. The number of urea groups is 1. The van der Waals surface area contributed by atoms with Gasteiger partial charge in [0.15, 0.2) is 0 Å². The van der Waals surface area contributed by atoms with Crippen LogP contribution in [0.4, 0.5) is 10.5 Å². The summed E-state index contributed by atoms with van der Waals surface area (Å²) in [5.41, 5.74) is 5.84. The van der Waals surface area contributed by atoms with Gasteiger partial charge in [-0.2, -0.15) is 0 Å². The first kappa shape index (κ1) is 13.8. The first-order valence-corrected chi connectivity index (χ1v) is 5.74. The first-order chi connectivity index (χ1) is 8.13. The number of benzene rings is 1. The predicted octanol–water partition coefficient (Wildman–Crippen LogP) is 2.63. The summed E-state index contributed by atoms with van der Waals surface area (Å²) in [5, 5.41) is 6.10. The molecule has 92 valence electrons. The van der Waals surface area contributed by atoms with E-state index in [1.54, 1.807) is 30.4 Å². The van der Waals surface area contributed by atoms with Crippen LogP contribution in [0.2, 0.25) is 10.0 Å². The van der Waals surface area contributed by atoms with Gasteiger partial charge in [0, 0.05) is 18.8 Å². The molecular weight excluding hydrogens is 261 g/mol. The molecule has 0 fully saturated rings. The summed E-state index contributed by atoms with van der Waals surface area (Å²) in [7, 11) is 0. The average molecular weight is 274 g/mol. The van der Waals surface area contributed by atoms with Crippen molar-refractivity contribution >= 4 is 34.9 Å². The number of nitrogens with one attached hydrogen (secondary N) is 2. The van der Waals surface area contributed by atoms with Crippen LogP contribution in [0.5, 0.6) is 0 Å². The lowest BCUT2D eigenvalue weighted by Gasteiger charge is -2.06. The third-order valence-corrected chi connectivity index (χ3v) is 2.60. The van der Waals surface area contributed by atoms with E-state index in [1.165, 1.54) is 0 Å². The third-order valence-electron chi connectivity index (χ3n) is 1.86. The normalized spacial score (nSPS) is 10.5. The van der Waals surface area contributed by atoms with Gasteiger partial charge in [0.2, 0.25) is 0 Å². The van der Waals surface area contributed by atoms with Gasteiger partial charge in [-0.3, -0.25) is 0 Å². The van der Waals surface area contributed by atoms with Crippen molar-refractivity contribution in [3.8, 4) is 0 Å². The van der Waals surface area contributed by atoms with E-state index < -0.39 is 0 Å². The zero-order valence-corrected chi connectivity index (χ0v) is 10.6. The van der Waals surface area contributed by atoms with E-state index in [4.69, 9.17) is 28.9 Å². The van der Waals surface area contributed by atoms with Crippen LogP contribution in [-0.4, -0.2) is 19.1 Å². The van der Waals surface area contributed by atoms with Gasteiger partial charge in [0.1, 0.15) is 0 Å². The van der Waals surface area contributed by atoms with E-state index in [9.17, 15) is 4.79 Å². The third kappa shape index (κ3) is 5.08. The minimum Gasteiger partial charge on any atom is -0.334 e. The van der Waals surface area contributed by atoms with Gasteiger partial charge in [0.05, 0.1) is 10.0 Å². The van der Waals surface area contributed by atoms with Crippen LogP contribution in [-0.2, 0) is 0 Å². The molecule has 0 spiro atoms. The molecular formula is C11H13Cl2N3O. The fourth-order valence-corrected chi connectivity index (χ4v) is 1.38. The van der Waals surface area contributed by atoms with Crippen LogP contribution in [0.25, 0.3) is 0 Å². The Morgan fingerprint density at radius 3 is 2.71 bits per heavy atom. The van der Waals surface area contributed by atoms with E-state index in [0.717, 1.165) is 0 Å². The Labute approximate surface area is 110 Å². The van der Waals surface area contributed by atoms with E-state index in [-0.39, 0.29) is 6.03 Å². The fourth-order valence-electron chi connectivity index (χ4n) is 1.08. The van der Waals surface area contributed by atoms with Gasteiger partial charge in [-0.15, -0.1) is 0 Å². The monoisotopic (exact) mass is 273 g/mol. The molecule has 1 aromatic rings. The molecule has 0 bridgehead atoms. The van der Waals surface area contributed by atoms with Gasteiger partial charge in [0.25, 0.3) is 0 Å². The standard InChI is InChI=1S/C11H13Cl2N3O/c12-9-4-3-8(7-10(9)13)16-11(17)15-6-2-1-5-14/h1-4,7H,5-6,14H2,(H2,15,16,17)/b2-1+. The summed E-state index contributed by atoms with van der Waals surface area (Å²) in [6.45, 7) is 0.875. The Kier molecular flexibility index (Phi) is 5.83. The molecule has 0 atom stereocenters. The Morgan fingerprint density at radius 2 is 2.06 bits per heavy atom. The second-order valence-electron chi connectivity index (χ2n) is 3.17. The summed E-state index contributed by atoms with van der Waals surface area (Å²) < 4.78 is 0. The molecule has 0 unspecified atom stereocenters. The number of hydrogen-bond donors (Lipinski definition) is 3. The van der Waals surface area contributed by atoms with E-state index >= 15 is 0 Å². The van der Waals surface area contributed by atoms with Crippen molar-refractivity contribution < 1.29 is 4.79 Å². The zero-order valence-electron chi connectivity index (χ0n) is 9.04. The zero-order chi connectivity index (χ0) is 12.7. The molecule has 0 heterocycles. The molecule has 0 aliphatic rings. The lowest BCUT2D eigenvalue weighted by Crippen LogP contribution is -2.28. The molecule has 1 rings (SSSR count). The maximum Gasteiger partial charge on any atom is 0.319 e. The highest BCUT2D eigenvalue weighted by Gasteiger charge is 2.02. The molecule has 0 radical (unpaired) electrons. The van der Waals surface area contributed by atoms with E-state index in [2.05, 4.69) is 10.6 Å². The minimum absolute atomic E-state index is 0.315. The Hall–Kier alpha value is -1.23. The molecule has 4 N–H and O–H groups in total. The van der Waals surface area contributed by atoms with Crippen LogP contribution in [0.1, 0.15) is 0 Å². The number of anilines is 1. The highest BCUT2D eigenvalue weighted by molar-refractivity contribution is 6.42. The summed E-state index contributed by atoms with van der Waals surface area (Å²) in [4.78, 5) is 11.4. The van der Waals surface area contributed by atoms with Crippen LogP contribution in [0.3, 0.4) is 0 Å². The van der Waals surface area contributed by atoms with Crippen molar-refractivity contribution in [1.29, 1.82) is 0 Å². The lowest BCUT2D eigenvalue weighted by atomic mass is 10.3. The van der Waals surface area contributed by atoms with E-state index in [0.29, 0.717) is 28.8 Å². The van der Waals surface area contributed by atoms with Crippen molar-refractivity contribution in [2.45, 2.75) is 0 Å². The molecule has 0 saturated carbocycles. The molecule has 6 heteroatoms. The van der Waals surface area contributed by atoms with Crippen molar-refractivity contribution in [1.82, 2.24) is 5.32 Å². The number of carbonyl (C=O) groups is 1. The fraction of sp³-hybridized carbons (Fsp3) is 0.182. The summed E-state index contributed by atoms with van der Waals surface area (Å²) in [6, 6.07) is 4.56. The highest BCUT2D eigenvalue weighted by atomic mass is 35.5. The second kappa shape index (κ2) is 7.17. The Balaban J connectivity index is 2.45. The van der Waals surface area contributed by atoms with Gasteiger partial charge < -0.3 is 16.4 Å². The number of rotatable bonds is 4. The maximum atomic E-state index is 11.4. The van der Waals surface area contributed by atoms with Gasteiger partial charge in [-0.05, 0) is 18.2 Å². The predicted molar refractivity (Wildman–Crippen MR) is 71.7 cm³/mol. The molecule has 0 aliphatic carbocycles. The number of hydrogen-bond acceptors (Lipinski definition) is 2. The summed E-state index contributed by atoms with van der Waals surface area (Å²) in [6.07, 6.45) is 3.54. The van der Waals surface area contributed by atoms with Crippen LogP contribution in [0.15, 0.2) is 30.4 Å². The molecule has 0 aromatic heterocycles. The molecule has 4 nitrogen and oxygen atoms in total. The maximum absolute atomic E-state index is 11.4. The summed E-state index contributed by atoms with van der Waals surface area (Å²) >= 11 is 11.6. The molecule has 0 saturated heterocycles. The topological polar surface area (TPSA) is 67.1 Å². The van der Waals surface area contributed by atoms with Gasteiger partial charge in [-0.25, -0.2) is 4.79 Å². The highest BCUT2D eigenvalue weighted by Crippen LogP contribution is 2.24.